The topological polar surface area (TPSA) is 91.2 Å². The fraction of sp³-hybridized carbons (Fsp3) is 0.500. The second-order valence-electron chi connectivity index (χ2n) is 5.09. The number of hydrogen-bond donors (Lipinski definition) is 1. The van der Waals surface area contributed by atoms with Crippen LogP contribution in [0.5, 0.6) is 0 Å². The fourth-order valence-electron chi connectivity index (χ4n) is 2.21. The van der Waals surface area contributed by atoms with Crippen LogP contribution in [0.3, 0.4) is 0 Å². The molecule has 2 aromatic rings. The van der Waals surface area contributed by atoms with Crippen LogP contribution in [0.25, 0.3) is 0 Å². The van der Waals surface area contributed by atoms with Gasteiger partial charge in [0.2, 0.25) is 5.89 Å². The number of carbonyl (C=O) groups is 1. The average Bonchev–Trinajstić information content (AvgIpc) is 3.04. The lowest BCUT2D eigenvalue weighted by atomic mass is 10.1. The Bertz CT molecular complexity index is 617. The van der Waals surface area contributed by atoms with Gasteiger partial charge < -0.3 is 14.2 Å². The number of carbonyl (C=O) groups excluding carboxylic acids is 1. The molecule has 0 spiro atoms. The van der Waals surface area contributed by atoms with Gasteiger partial charge in [-0.3, -0.25) is 9.89 Å². The van der Waals surface area contributed by atoms with Gasteiger partial charge in [-0.2, -0.15) is 5.10 Å². The molecular formula is C12H16N6O2. The van der Waals surface area contributed by atoms with Crippen LogP contribution < -0.4 is 0 Å². The van der Waals surface area contributed by atoms with E-state index < -0.39 is 0 Å². The molecule has 0 unspecified atom stereocenters. The first-order valence-electron chi connectivity index (χ1n) is 6.41. The Kier molecular flexibility index (Phi) is 3.23. The van der Waals surface area contributed by atoms with Crippen LogP contribution in [0, 0.1) is 0 Å². The average molecular weight is 276 g/mol. The number of fused-ring (bicyclic) bond motifs is 1. The SMILES string of the molecule is CN(C)Cc1nnc(C(=O)N2CCc3[nH]ncc3C2)o1. The molecule has 1 amide bonds. The Hall–Kier alpha value is -2.22. The summed E-state index contributed by atoms with van der Waals surface area (Å²) in [6.45, 7) is 1.67. The first-order valence-corrected chi connectivity index (χ1v) is 6.41. The zero-order valence-electron chi connectivity index (χ0n) is 11.5. The summed E-state index contributed by atoms with van der Waals surface area (Å²) >= 11 is 0. The summed E-state index contributed by atoms with van der Waals surface area (Å²) in [5, 5.41) is 14.6. The van der Waals surface area contributed by atoms with Gasteiger partial charge in [0.1, 0.15) is 0 Å². The van der Waals surface area contributed by atoms with E-state index in [1.54, 1.807) is 11.1 Å². The van der Waals surface area contributed by atoms with E-state index >= 15 is 0 Å². The highest BCUT2D eigenvalue weighted by Gasteiger charge is 2.26. The summed E-state index contributed by atoms with van der Waals surface area (Å²) in [7, 11) is 3.80. The van der Waals surface area contributed by atoms with Gasteiger partial charge in [0.15, 0.2) is 0 Å². The summed E-state index contributed by atoms with van der Waals surface area (Å²) in [5.74, 6) is 0.266. The lowest BCUT2D eigenvalue weighted by molar-refractivity contribution is 0.0690. The van der Waals surface area contributed by atoms with Gasteiger partial charge in [-0.05, 0) is 14.1 Å². The van der Waals surface area contributed by atoms with Gasteiger partial charge >= 0.3 is 11.8 Å². The number of nitrogens with one attached hydrogen (secondary N) is 1. The summed E-state index contributed by atoms with van der Waals surface area (Å²) < 4.78 is 5.40. The lowest BCUT2D eigenvalue weighted by Crippen LogP contribution is -2.35. The number of hydrogen-bond acceptors (Lipinski definition) is 6. The van der Waals surface area contributed by atoms with Crippen molar-refractivity contribution in [2.45, 2.75) is 19.5 Å². The molecule has 0 aromatic carbocycles. The Morgan fingerprint density at radius 3 is 3.15 bits per heavy atom. The van der Waals surface area contributed by atoms with Crippen molar-refractivity contribution in [1.29, 1.82) is 0 Å². The van der Waals surface area contributed by atoms with E-state index in [0.717, 1.165) is 17.7 Å². The molecule has 0 radical (unpaired) electrons. The second-order valence-corrected chi connectivity index (χ2v) is 5.09. The number of aromatic amines is 1. The van der Waals surface area contributed by atoms with Crippen LogP contribution in [-0.2, 0) is 19.5 Å². The minimum absolute atomic E-state index is 0.0498. The molecule has 0 atom stereocenters. The van der Waals surface area contributed by atoms with Gasteiger partial charge in [0.25, 0.3) is 0 Å². The molecule has 1 aliphatic rings. The van der Waals surface area contributed by atoms with E-state index in [0.29, 0.717) is 25.5 Å². The molecule has 2 aromatic heterocycles. The smallest absolute Gasteiger partial charge is 0.311 e. The highest BCUT2D eigenvalue weighted by atomic mass is 16.4. The molecule has 3 rings (SSSR count). The van der Waals surface area contributed by atoms with Crippen molar-refractivity contribution in [2.24, 2.45) is 0 Å². The first-order chi connectivity index (χ1) is 9.63. The summed E-state index contributed by atoms with van der Waals surface area (Å²) in [6, 6.07) is 0. The molecule has 0 saturated carbocycles. The molecule has 1 N–H and O–H groups in total. The Labute approximate surface area is 115 Å². The lowest BCUT2D eigenvalue weighted by Gasteiger charge is -2.24. The minimum Gasteiger partial charge on any atom is -0.415 e. The van der Waals surface area contributed by atoms with Gasteiger partial charge in [0, 0.05) is 30.8 Å². The predicted molar refractivity (Wildman–Crippen MR) is 68.7 cm³/mol. The predicted octanol–water partition coefficient (Wildman–Crippen LogP) is 0.0528. The zero-order valence-corrected chi connectivity index (χ0v) is 11.5. The van der Waals surface area contributed by atoms with Crippen LogP contribution in [0.4, 0.5) is 0 Å². The van der Waals surface area contributed by atoms with Crippen molar-refractivity contribution >= 4 is 5.91 Å². The molecule has 0 aliphatic carbocycles. The van der Waals surface area contributed by atoms with Crippen molar-refractivity contribution in [3.63, 3.8) is 0 Å². The number of H-pyrrole nitrogens is 1. The molecule has 8 nitrogen and oxygen atoms in total. The normalized spacial score (nSPS) is 14.7. The molecule has 8 heteroatoms. The standard InChI is InChI=1S/C12H16N6O2/c1-17(2)7-10-15-16-11(20-10)12(19)18-4-3-9-8(6-18)5-13-14-9/h5H,3-4,6-7H2,1-2H3,(H,13,14). The van der Waals surface area contributed by atoms with Gasteiger partial charge in [-0.15, -0.1) is 10.2 Å². The molecule has 1 aliphatic heterocycles. The largest absolute Gasteiger partial charge is 0.415 e. The molecule has 106 valence electrons. The summed E-state index contributed by atoms with van der Waals surface area (Å²) in [4.78, 5) is 15.9. The maximum atomic E-state index is 12.3. The molecule has 3 heterocycles. The van der Waals surface area contributed by atoms with Crippen molar-refractivity contribution in [1.82, 2.24) is 30.2 Å². The van der Waals surface area contributed by atoms with Crippen LogP contribution in [0.1, 0.15) is 27.8 Å². The van der Waals surface area contributed by atoms with E-state index in [1.165, 1.54) is 0 Å². The van der Waals surface area contributed by atoms with E-state index in [9.17, 15) is 4.79 Å². The third-order valence-corrected chi connectivity index (χ3v) is 3.19. The molecular weight excluding hydrogens is 260 g/mol. The van der Waals surface area contributed by atoms with Crippen molar-refractivity contribution in [3.8, 4) is 0 Å². The van der Waals surface area contributed by atoms with Crippen LogP contribution in [0.15, 0.2) is 10.6 Å². The molecule has 20 heavy (non-hydrogen) atoms. The van der Waals surface area contributed by atoms with E-state index in [-0.39, 0.29) is 11.8 Å². The summed E-state index contributed by atoms with van der Waals surface area (Å²) in [5.41, 5.74) is 2.13. The van der Waals surface area contributed by atoms with Crippen LogP contribution in [0.2, 0.25) is 0 Å². The van der Waals surface area contributed by atoms with Crippen LogP contribution >= 0.6 is 0 Å². The monoisotopic (exact) mass is 276 g/mol. The van der Waals surface area contributed by atoms with Gasteiger partial charge in [-0.1, -0.05) is 0 Å². The highest BCUT2D eigenvalue weighted by Crippen LogP contribution is 2.18. The zero-order chi connectivity index (χ0) is 14.1. The van der Waals surface area contributed by atoms with E-state index in [2.05, 4.69) is 20.4 Å². The molecule has 0 bridgehead atoms. The van der Waals surface area contributed by atoms with Gasteiger partial charge in [-0.25, -0.2) is 0 Å². The maximum Gasteiger partial charge on any atom is 0.311 e. The highest BCUT2D eigenvalue weighted by molar-refractivity contribution is 5.89. The van der Waals surface area contributed by atoms with E-state index in [1.807, 2.05) is 19.0 Å². The number of aromatic nitrogens is 4. The number of rotatable bonds is 3. The van der Waals surface area contributed by atoms with Crippen LogP contribution in [-0.4, -0.2) is 56.7 Å². The Morgan fingerprint density at radius 2 is 2.35 bits per heavy atom. The molecule has 0 fully saturated rings. The molecule has 0 saturated heterocycles. The first kappa shape index (κ1) is 12.8. The minimum atomic E-state index is -0.227. The Morgan fingerprint density at radius 1 is 1.50 bits per heavy atom. The third kappa shape index (κ3) is 2.42. The quantitative estimate of drug-likeness (QED) is 0.852. The van der Waals surface area contributed by atoms with Gasteiger partial charge in [0.05, 0.1) is 12.7 Å². The fourth-order valence-corrected chi connectivity index (χ4v) is 2.21. The third-order valence-electron chi connectivity index (χ3n) is 3.19. The van der Waals surface area contributed by atoms with Crippen molar-refractivity contribution < 1.29 is 9.21 Å². The number of nitrogens with zero attached hydrogens (tertiary/aromatic N) is 5. The van der Waals surface area contributed by atoms with Crippen molar-refractivity contribution in [2.75, 3.05) is 20.6 Å². The summed E-state index contributed by atoms with van der Waals surface area (Å²) in [6.07, 6.45) is 2.51. The maximum absolute atomic E-state index is 12.3. The number of amides is 1. The Balaban J connectivity index is 1.72. The second kappa shape index (κ2) is 5.04. The van der Waals surface area contributed by atoms with Crippen molar-refractivity contribution in [3.05, 3.63) is 29.2 Å². The van der Waals surface area contributed by atoms with E-state index in [4.69, 9.17) is 4.42 Å².